The van der Waals surface area contributed by atoms with Crippen LogP contribution >= 0.6 is 11.6 Å². The summed E-state index contributed by atoms with van der Waals surface area (Å²) in [7, 11) is 0. The van der Waals surface area contributed by atoms with Gasteiger partial charge >= 0.3 is 0 Å². The number of H-pyrrole nitrogens is 1. The minimum atomic E-state index is -0.162. The molecule has 1 aromatic carbocycles. The SMILES string of the molecule is CCCN1CCCC2c3cccc4[nH]c5c(c34)C(C=C5C(=O)Nc3ccc(Cl)nn3)[C@H]21. The monoisotopic (exact) mass is 433 g/mol. The van der Waals surface area contributed by atoms with Crippen LogP contribution in [0.25, 0.3) is 16.5 Å². The number of anilines is 1. The van der Waals surface area contributed by atoms with Crippen LogP contribution in [0.15, 0.2) is 36.4 Å². The average molecular weight is 434 g/mol. The first-order chi connectivity index (χ1) is 15.2. The Morgan fingerprint density at radius 1 is 1.29 bits per heavy atom. The van der Waals surface area contributed by atoms with Crippen molar-refractivity contribution in [3.05, 3.63) is 58.4 Å². The van der Waals surface area contributed by atoms with Gasteiger partial charge in [-0.2, -0.15) is 0 Å². The number of benzene rings is 1. The van der Waals surface area contributed by atoms with Gasteiger partial charge in [-0.3, -0.25) is 9.69 Å². The molecule has 158 valence electrons. The van der Waals surface area contributed by atoms with Crippen molar-refractivity contribution in [2.45, 2.75) is 44.1 Å². The summed E-state index contributed by atoms with van der Waals surface area (Å²) in [5, 5.41) is 12.3. The van der Waals surface area contributed by atoms with Gasteiger partial charge in [0.25, 0.3) is 5.91 Å². The van der Waals surface area contributed by atoms with Crippen molar-refractivity contribution in [1.29, 1.82) is 0 Å². The second kappa shape index (κ2) is 7.18. The standard InChI is InChI=1S/C24H24ClN5O/c1-2-10-30-11-4-6-14-13-5-3-7-17-20(13)21-15(23(14)30)12-16(22(21)26-17)24(31)27-19-9-8-18(25)28-29-19/h3,5,7-9,12,14-15,23,26H,2,4,6,10-11H2,1H3,(H,27,29,31)/t14?,15?,23-/m0/s1. The van der Waals surface area contributed by atoms with Crippen molar-refractivity contribution < 1.29 is 4.79 Å². The molecule has 1 amide bonds. The van der Waals surface area contributed by atoms with Crippen LogP contribution < -0.4 is 5.32 Å². The van der Waals surface area contributed by atoms with E-state index >= 15 is 0 Å². The van der Waals surface area contributed by atoms with Crippen LogP contribution in [0.2, 0.25) is 5.15 Å². The second-order valence-electron chi connectivity index (χ2n) is 8.76. The van der Waals surface area contributed by atoms with E-state index in [0.717, 1.165) is 30.7 Å². The quantitative estimate of drug-likeness (QED) is 0.625. The lowest BCUT2D eigenvalue weighted by Gasteiger charge is -2.47. The van der Waals surface area contributed by atoms with Gasteiger partial charge in [0.1, 0.15) is 0 Å². The van der Waals surface area contributed by atoms with Gasteiger partial charge in [-0.1, -0.05) is 36.7 Å². The van der Waals surface area contributed by atoms with E-state index in [1.54, 1.807) is 12.1 Å². The summed E-state index contributed by atoms with van der Waals surface area (Å²) in [5.41, 5.74) is 5.51. The number of likely N-dealkylation sites (tertiary alicyclic amines) is 1. The van der Waals surface area contributed by atoms with Crippen LogP contribution in [0.3, 0.4) is 0 Å². The molecule has 2 aliphatic carbocycles. The number of carbonyl (C=O) groups excluding carboxylic acids is 1. The van der Waals surface area contributed by atoms with E-state index in [2.05, 4.69) is 56.6 Å². The zero-order chi connectivity index (χ0) is 21.1. The van der Waals surface area contributed by atoms with E-state index in [9.17, 15) is 4.79 Å². The van der Waals surface area contributed by atoms with E-state index in [1.807, 2.05) is 0 Å². The second-order valence-corrected chi connectivity index (χ2v) is 9.15. The van der Waals surface area contributed by atoms with Gasteiger partial charge in [-0.15, -0.1) is 10.2 Å². The van der Waals surface area contributed by atoms with Crippen LogP contribution in [0.4, 0.5) is 5.82 Å². The lowest BCUT2D eigenvalue weighted by molar-refractivity contribution is -0.111. The molecule has 1 saturated heterocycles. The minimum absolute atomic E-state index is 0.162. The maximum Gasteiger partial charge on any atom is 0.258 e. The molecule has 6 nitrogen and oxygen atoms in total. The van der Waals surface area contributed by atoms with E-state index in [1.165, 1.54) is 29.4 Å². The normalized spacial score (nSPS) is 24.2. The predicted octanol–water partition coefficient (Wildman–Crippen LogP) is 4.70. The van der Waals surface area contributed by atoms with E-state index in [0.29, 0.717) is 28.5 Å². The number of carbonyl (C=O) groups is 1. The van der Waals surface area contributed by atoms with Crippen molar-refractivity contribution in [2.75, 3.05) is 18.4 Å². The van der Waals surface area contributed by atoms with Crippen molar-refractivity contribution in [3.8, 4) is 0 Å². The Morgan fingerprint density at radius 2 is 2.19 bits per heavy atom. The maximum atomic E-state index is 13.3. The Labute approximate surface area is 185 Å². The van der Waals surface area contributed by atoms with Gasteiger partial charge in [0.15, 0.2) is 11.0 Å². The highest BCUT2D eigenvalue weighted by atomic mass is 35.5. The molecule has 31 heavy (non-hydrogen) atoms. The summed E-state index contributed by atoms with van der Waals surface area (Å²) in [6.07, 6.45) is 5.75. The smallest absolute Gasteiger partial charge is 0.258 e. The topological polar surface area (TPSA) is 73.9 Å². The van der Waals surface area contributed by atoms with Crippen molar-refractivity contribution >= 4 is 39.8 Å². The molecule has 7 heteroatoms. The van der Waals surface area contributed by atoms with Crippen LogP contribution in [-0.4, -0.2) is 45.1 Å². The molecule has 3 atom stereocenters. The average Bonchev–Trinajstić information content (AvgIpc) is 3.33. The van der Waals surface area contributed by atoms with Crippen LogP contribution in [0, 0.1) is 0 Å². The molecule has 0 bridgehead atoms. The molecule has 3 aliphatic rings. The van der Waals surface area contributed by atoms with E-state index < -0.39 is 0 Å². The summed E-state index contributed by atoms with van der Waals surface area (Å²) >= 11 is 5.83. The minimum Gasteiger partial charge on any atom is -0.354 e. The zero-order valence-electron chi connectivity index (χ0n) is 17.4. The van der Waals surface area contributed by atoms with Gasteiger partial charge in [-0.05, 0) is 61.7 Å². The zero-order valence-corrected chi connectivity index (χ0v) is 18.1. The van der Waals surface area contributed by atoms with Crippen LogP contribution in [0.1, 0.15) is 54.8 Å². The summed E-state index contributed by atoms with van der Waals surface area (Å²) in [6, 6.07) is 10.3. The predicted molar refractivity (Wildman–Crippen MR) is 122 cm³/mol. The Hall–Kier alpha value is -2.70. The number of aromatic nitrogens is 3. The van der Waals surface area contributed by atoms with E-state index in [4.69, 9.17) is 11.6 Å². The Balaban J connectivity index is 1.45. The van der Waals surface area contributed by atoms with Gasteiger partial charge in [-0.25, -0.2) is 0 Å². The fourth-order valence-electron chi connectivity index (χ4n) is 5.98. The molecule has 0 radical (unpaired) electrons. The van der Waals surface area contributed by atoms with E-state index in [-0.39, 0.29) is 11.8 Å². The number of nitrogens with one attached hydrogen (secondary N) is 2. The van der Waals surface area contributed by atoms with Crippen molar-refractivity contribution in [1.82, 2.24) is 20.1 Å². The summed E-state index contributed by atoms with van der Waals surface area (Å²) < 4.78 is 0. The molecule has 1 aliphatic heterocycles. The summed E-state index contributed by atoms with van der Waals surface area (Å²) in [4.78, 5) is 19.5. The molecule has 2 N–H and O–H groups in total. The third-order valence-electron chi connectivity index (χ3n) is 7.03. The highest BCUT2D eigenvalue weighted by Crippen LogP contribution is 2.54. The van der Waals surface area contributed by atoms with Crippen molar-refractivity contribution in [2.24, 2.45) is 0 Å². The number of piperidine rings is 1. The molecule has 2 unspecified atom stereocenters. The van der Waals surface area contributed by atoms with Crippen LogP contribution in [0.5, 0.6) is 0 Å². The molecule has 2 aromatic heterocycles. The third kappa shape index (κ3) is 2.85. The highest BCUT2D eigenvalue weighted by molar-refractivity contribution is 6.29. The summed E-state index contributed by atoms with van der Waals surface area (Å²) in [6.45, 7) is 4.47. The van der Waals surface area contributed by atoms with Gasteiger partial charge in [0.2, 0.25) is 0 Å². The third-order valence-corrected chi connectivity index (χ3v) is 7.24. The molecule has 3 heterocycles. The first kappa shape index (κ1) is 19.0. The molecule has 6 rings (SSSR count). The maximum absolute atomic E-state index is 13.3. The number of nitrogens with zero attached hydrogens (tertiary/aromatic N) is 3. The lowest BCUT2D eigenvalue weighted by atomic mass is 9.70. The number of rotatable bonds is 4. The Morgan fingerprint density at radius 3 is 3.00 bits per heavy atom. The van der Waals surface area contributed by atoms with Crippen molar-refractivity contribution in [3.63, 3.8) is 0 Å². The number of amides is 1. The highest BCUT2D eigenvalue weighted by Gasteiger charge is 2.47. The molecular formula is C24H24ClN5O. The lowest BCUT2D eigenvalue weighted by Crippen LogP contribution is -2.48. The number of aromatic amines is 1. The fraction of sp³-hybridized carbons (Fsp3) is 0.375. The van der Waals surface area contributed by atoms with Gasteiger partial charge < -0.3 is 10.3 Å². The number of hydrogen-bond acceptors (Lipinski definition) is 4. The Bertz CT molecular complexity index is 1210. The van der Waals surface area contributed by atoms with Gasteiger partial charge in [0.05, 0.1) is 11.3 Å². The fourth-order valence-corrected chi connectivity index (χ4v) is 6.08. The molecule has 0 saturated carbocycles. The number of hydrogen-bond donors (Lipinski definition) is 2. The molecule has 1 fully saturated rings. The summed E-state index contributed by atoms with van der Waals surface area (Å²) in [5.74, 6) is 0.971. The van der Waals surface area contributed by atoms with Crippen LogP contribution in [-0.2, 0) is 4.79 Å². The number of halogens is 1. The number of fused-ring (bicyclic) bond motifs is 3. The first-order valence-corrected chi connectivity index (χ1v) is 11.4. The largest absolute Gasteiger partial charge is 0.354 e. The Kier molecular flexibility index (Phi) is 4.40. The molecule has 3 aromatic rings. The molecule has 0 spiro atoms. The molecular weight excluding hydrogens is 410 g/mol. The van der Waals surface area contributed by atoms with Gasteiger partial charge in [0, 0.05) is 28.8 Å². The first-order valence-electron chi connectivity index (χ1n) is 11.1.